The van der Waals surface area contributed by atoms with Crippen molar-refractivity contribution in [2.24, 2.45) is 0 Å². The highest BCUT2D eigenvalue weighted by Crippen LogP contribution is 2.38. The number of likely N-dealkylation sites (N-methyl/N-ethyl adjacent to an activating group) is 1. The van der Waals surface area contributed by atoms with Gasteiger partial charge in [-0.15, -0.1) is 0 Å². The summed E-state index contributed by atoms with van der Waals surface area (Å²) >= 11 is 0. The first kappa shape index (κ1) is 17.1. The van der Waals surface area contributed by atoms with E-state index in [4.69, 9.17) is 4.98 Å². The summed E-state index contributed by atoms with van der Waals surface area (Å²) in [5.41, 5.74) is 0.483. The van der Waals surface area contributed by atoms with E-state index in [0.717, 1.165) is 31.2 Å². The van der Waals surface area contributed by atoms with Crippen molar-refractivity contribution in [3.8, 4) is 0 Å². The van der Waals surface area contributed by atoms with Crippen molar-refractivity contribution < 1.29 is 4.39 Å². The molecule has 2 aromatic rings. The van der Waals surface area contributed by atoms with Gasteiger partial charge in [-0.05, 0) is 31.2 Å². The zero-order valence-corrected chi connectivity index (χ0v) is 15.6. The molecule has 1 atom stereocenters. The molecule has 1 saturated carbocycles. The number of hydrogen-bond donors (Lipinski definition) is 0. The van der Waals surface area contributed by atoms with Gasteiger partial charge in [0.05, 0.1) is 5.69 Å². The number of halogens is 1. The van der Waals surface area contributed by atoms with Crippen LogP contribution in [0.5, 0.6) is 0 Å². The number of hydrogen-bond acceptors (Lipinski definition) is 6. The van der Waals surface area contributed by atoms with Gasteiger partial charge in [-0.2, -0.15) is 0 Å². The summed E-state index contributed by atoms with van der Waals surface area (Å²) in [6.07, 6.45) is 6.64. The highest BCUT2D eigenvalue weighted by molar-refractivity contribution is 5.46. The van der Waals surface area contributed by atoms with Crippen molar-refractivity contribution in [1.82, 2.24) is 19.9 Å². The van der Waals surface area contributed by atoms with Gasteiger partial charge in [-0.25, -0.2) is 24.3 Å². The Labute approximate surface area is 153 Å². The Hall–Kier alpha value is -2.31. The van der Waals surface area contributed by atoms with Crippen LogP contribution in [0.2, 0.25) is 0 Å². The van der Waals surface area contributed by atoms with Crippen molar-refractivity contribution >= 4 is 11.6 Å². The second kappa shape index (κ2) is 6.78. The molecule has 138 valence electrons. The molecule has 3 heterocycles. The molecule has 0 bridgehead atoms. The largest absolute Gasteiger partial charge is 0.355 e. The maximum absolute atomic E-state index is 14.8. The normalized spacial score (nSPS) is 20.0. The Morgan fingerprint density at radius 1 is 1.19 bits per heavy atom. The molecule has 2 aromatic heterocycles. The third-order valence-electron chi connectivity index (χ3n) is 5.32. The van der Waals surface area contributed by atoms with Gasteiger partial charge in [0.1, 0.15) is 18.0 Å². The molecule has 4 rings (SSSR count). The molecule has 2 aliphatic rings. The maximum atomic E-state index is 14.8. The average Bonchev–Trinajstić information content (AvgIpc) is 3.39. The predicted octanol–water partition coefficient (Wildman–Crippen LogP) is 3.12. The average molecular weight is 356 g/mol. The van der Waals surface area contributed by atoms with E-state index in [0.29, 0.717) is 17.4 Å². The van der Waals surface area contributed by atoms with Crippen LogP contribution in [0.1, 0.15) is 56.5 Å². The van der Waals surface area contributed by atoms with Gasteiger partial charge < -0.3 is 9.80 Å². The van der Waals surface area contributed by atoms with Gasteiger partial charge in [-0.1, -0.05) is 13.8 Å². The van der Waals surface area contributed by atoms with Gasteiger partial charge in [0, 0.05) is 38.3 Å². The molecule has 1 aliphatic heterocycles. The van der Waals surface area contributed by atoms with Crippen molar-refractivity contribution in [3.63, 3.8) is 0 Å². The van der Waals surface area contributed by atoms with Crippen LogP contribution in [0.25, 0.3) is 0 Å². The standard InChI is InChI=1S/C19H25FN6/c1-12(2)17-16(20)19(23-11-22-17)26-9-7-14(10-26)25(3)15-6-8-21-18(24-15)13-4-5-13/h6,8,11-14H,4-5,7,9-10H2,1-3H3. The first-order valence-electron chi connectivity index (χ1n) is 9.35. The van der Waals surface area contributed by atoms with Crippen LogP contribution in [0.4, 0.5) is 16.0 Å². The zero-order valence-electron chi connectivity index (χ0n) is 15.6. The lowest BCUT2D eigenvalue weighted by molar-refractivity contribution is 0.571. The van der Waals surface area contributed by atoms with E-state index < -0.39 is 0 Å². The summed E-state index contributed by atoms with van der Waals surface area (Å²) in [6.45, 7) is 5.40. The van der Waals surface area contributed by atoms with Gasteiger partial charge in [0.15, 0.2) is 11.6 Å². The molecule has 0 radical (unpaired) electrons. The van der Waals surface area contributed by atoms with Crippen molar-refractivity contribution in [2.75, 3.05) is 29.9 Å². The fourth-order valence-electron chi connectivity index (χ4n) is 3.53. The van der Waals surface area contributed by atoms with E-state index in [1.807, 2.05) is 31.0 Å². The maximum Gasteiger partial charge on any atom is 0.187 e. The molecule has 2 fully saturated rings. The van der Waals surface area contributed by atoms with Gasteiger partial charge in [0.2, 0.25) is 0 Å². The summed E-state index contributed by atoms with van der Waals surface area (Å²) in [4.78, 5) is 21.7. The first-order valence-corrected chi connectivity index (χ1v) is 9.35. The van der Waals surface area contributed by atoms with E-state index in [1.165, 1.54) is 19.2 Å². The molecule has 0 spiro atoms. The van der Waals surface area contributed by atoms with Crippen LogP contribution >= 0.6 is 0 Å². The van der Waals surface area contributed by atoms with Crippen LogP contribution in [0, 0.1) is 5.82 Å². The fraction of sp³-hybridized carbons (Fsp3) is 0.579. The first-order chi connectivity index (χ1) is 12.5. The molecule has 26 heavy (non-hydrogen) atoms. The lowest BCUT2D eigenvalue weighted by Crippen LogP contribution is -2.35. The van der Waals surface area contributed by atoms with Gasteiger partial charge in [0.25, 0.3) is 0 Å². The number of aromatic nitrogens is 4. The molecule has 0 amide bonds. The van der Waals surface area contributed by atoms with E-state index >= 15 is 0 Å². The molecule has 1 unspecified atom stereocenters. The Bertz CT molecular complexity index is 791. The molecule has 6 nitrogen and oxygen atoms in total. The van der Waals surface area contributed by atoms with Crippen LogP contribution in [0.3, 0.4) is 0 Å². The van der Waals surface area contributed by atoms with Crippen LogP contribution in [-0.4, -0.2) is 46.1 Å². The SMILES string of the molecule is CC(C)c1ncnc(N2CCC(N(C)c3ccnc(C4CC4)n3)C2)c1F. The van der Waals surface area contributed by atoms with E-state index in [2.05, 4.69) is 26.9 Å². The molecular weight excluding hydrogens is 331 g/mol. The second-order valence-corrected chi connectivity index (χ2v) is 7.60. The summed E-state index contributed by atoms with van der Waals surface area (Å²) in [5.74, 6) is 2.60. The van der Waals surface area contributed by atoms with Gasteiger partial charge >= 0.3 is 0 Å². The van der Waals surface area contributed by atoms with E-state index in [1.54, 1.807) is 0 Å². The van der Waals surface area contributed by atoms with Crippen molar-refractivity contribution in [3.05, 3.63) is 35.9 Å². The van der Waals surface area contributed by atoms with E-state index in [-0.39, 0.29) is 17.8 Å². The predicted molar refractivity (Wildman–Crippen MR) is 99.1 cm³/mol. The minimum absolute atomic E-state index is 0.0414. The van der Waals surface area contributed by atoms with Crippen LogP contribution < -0.4 is 9.80 Å². The van der Waals surface area contributed by atoms with Crippen molar-refractivity contribution in [1.29, 1.82) is 0 Å². The second-order valence-electron chi connectivity index (χ2n) is 7.60. The van der Waals surface area contributed by atoms with Crippen molar-refractivity contribution in [2.45, 2.75) is 51.0 Å². The number of anilines is 2. The number of nitrogens with zero attached hydrogens (tertiary/aromatic N) is 6. The fourth-order valence-corrected chi connectivity index (χ4v) is 3.53. The van der Waals surface area contributed by atoms with Gasteiger partial charge in [-0.3, -0.25) is 0 Å². The van der Waals surface area contributed by atoms with Crippen LogP contribution in [0.15, 0.2) is 18.6 Å². The molecular formula is C19H25FN6. The Balaban J connectivity index is 1.50. The molecule has 0 aromatic carbocycles. The third kappa shape index (κ3) is 3.22. The highest BCUT2D eigenvalue weighted by Gasteiger charge is 2.31. The monoisotopic (exact) mass is 356 g/mol. The minimum Gasteiger partial charge on any atom is -0.355 e. The van der Waals surface area contributed by atoms with E-state index in [9.17, 15) is 4.39 Å². The molecule has 0 N–H and O–H groups in total. The Morgan fingerprint density at radius 3 is 2.73 bits per heavy atom. The molecule has 1 aliphatic carbocycles. The lowest BCUT2D eigenvalue weighted by Gasteiger charge is -2.26. The highest BCUT2D eigenvalue weighted by atomic mass is 19.1. The quantitative estimate of drug-likeness (QED) is 0.820. The summed E-state index contributed by atoms with van der Waals surface area (Å²) < 4.78 is 14.8. The lowest BCUT2D eigenvalue weighted by atomic mass is 10.1. The Morgan fingerprint density at radius 2 is 2.00 bits per heavy atom. The Kier molecular flexibility index (Phi) is 4.46. The summed E-state index contributed by atoms with van der Waals surface area (Å²) in [6, 6.07) is 2.23. The molecule has 7 heteroatoms. The smallest absolute Gasteiger partial charge is 0.187 e. The summed E-state index contributed by atoms with van der Waals surface area (Å²) in [7, 11) is 2.06. The minimum atomic E-state index is -0.288. The zero-order chi connectivity index (χ0) is 18.3. The topological polar surface area (TPSA) is 58.0 Å². The number of rotatable bonds is 5. The van der Waals surface area contributed by atoms with Crippen LogP contribution in [-0.2, 0) is 0 Å². The third-order valence-corrected chi connectivity index (χ3v) is 5.32. The molecule has 1 saturated heterocycles. The summed E-state index contributed by atoms with van der Waals surface area (Å²) in [5, 5.41) is 0.